The number of hydrogen-bond acceptors (Lipinski definition) is 7. The largest absolute Gasteiger partial charge is 0.573 e. The molecule has 0 unspecified atom stereocenters. The summed E-state index contributed by atoms with van der Waals surface area (Å²) in [4.78, 5) is 8.76. The predicted molar refractivity (Wildman–Crippen MR) is 120 cm³/mol. The maximum atomic E-state index is 12.6. The minimum atomic E-state index is -4.83. The molecule has 0 bridgehead atoms. The monoisotopic (exact) mass is 482 g/mol. The lowest BCUT2D eigenvalue weighted by atomic mass is 10.1. The second kappa shape index (κ2) is 10.1. The first-order chi connectivity index (χ1) is 15.5. The molecule has 1 heterocycles. The van der Waals surface area contributed by atoms with Gasteiger partial charge in [-0.05, 0) is 36.2 Å². The van der Waals surface area contributed by atoms with Gasteiger partial charge in [0.05, 0.1) is 24.0 Å². The van der Waals surface area contributed by atoms with Gasteiger partial charge in [-0.25, -0.2) is 4.98 Å². The van der Waals surface area contributed by atoms with Crippen LogP contribution in [0.4, 0.5) is 30.6 Å². The van der Waals surface area contributed by atoms with E-state index in [4.69, 9.17) is 11.6 Å². The molecular formula is C22H22ClF3N4O3. The minimum absolute atomic E-state index is 0.0409. The number of phenolic OH excluding ortho intramolecular Hbond substituents is 1. The van der Waals surface area contributed by atoms with Crippen LogP contribution in [0.3, 0.4) is 0 Å². The smallest absolute Gasteiger partial charge is 0.506 e. The number of anilines is 3. The number of aliphatic hydroxyl groups excluding tert-OH is 1. The highest BCUT2D eigenvalue weighted by Gasteiger charge is 2.31. The van der Waals surface area contributed by atoms with E-state index in [2.05, 4.69) is 25.3 Å². The summed E-state index contributed by atoms with van der Waals surface area (Å²) in [5.74, 6) is -0.0659. The fraction of sp³-hybridized carbons (Fsp3) is 0.273. The third-order valence-corrected chi connectivity index (χ3v) is 4.86. The Kier molecular flexibility index (Phi) is 7.50. The maximum Gasteiger partial charge on any atom is 0.573 e. The number of phenols is 1. The van der Waals surface area contributed by atoms with E-state index in [-0.39, 0.29) is 47.5 Å². The average Bonchev–Trinajstić information content (AvgIpc) is 2.73. The third kappa shape index (κ3) is 6.87. The van der Waals surface area contributed by atoms with E-state index in [1.165, 1.54) is 42.5 Å². The molecule has 0 fully saturated rings. The van der Waals surface area contributed by atoms with E-state index >= 15 is 0 Å². The number of halogens is 4. The molecule has 11 heteroatoms. The van der Waals surface area contributed by atoms with Crippen molar-refractivity contribution in [2.75, 3.05) is 17.2 Å². The number of ether oxygens (including phenoxy) is 1. The molecule has 0 radical (unpaired) electrons. The van der Waals surface area contributed by atoms with E-state index < -0.39 is 12.1 Å². The van der Waals surface area contributed by atoms with Gasteiger partial charge in [-0.1, -0.05) is 37.6 Å². The lowest BCUT2D eigenvalue weighted by Crippen LogP contribution is -2.30. The normalized spacial score (nSPS) is 12.5. The second-order valence-corrected chi connectivity index (χ2v) is 7.94. The Balaban J connectivity index is 2.03. The van der Waals surface area contributed by atoms with Gasteiger partial charge in [0.15, 0.2) is 0 Å². The number of benzene rings is 2. The average molecular weight is 483 g/mol. The standard InChI is InChI=1S/C22H22ClF3N4O3/c1-12(2)18(11-31)29-21-28-16(13-4-3-5-15(8-13)33-22(24,25)26)10-20(30-21)27-17-9-14(23)6-7-19(17)32/h3-10,12,18,31-32H,11H2,1-2H3,(H2,27,28,29,30)/t18-/m1/s1. The van der Waals surface area contributed by atoms with Crippen molar-refractivity contribution in [3.63, 3.8) is 0 Å². The van der Waals surface area contributed by atoms with Gasteiger partial charge in [-0.2, -0.15) is 4.98 Å². The van der Waals surface area contributed by atoms with Crippen LogP contribution in [-0.4, -0.2) is 39.2 Å². The van der Waals surface area contributed by atoms with E-state index in [0.29, 0.717) is 10.6 Å². The minimum Gasteiger partial charge on any atom is -0.506 e. The molecule has 0 aliphatic carbocycles. The van der Waals surface area contributed by atoms with Crippen LogP contribution in [-0.2, 0) is 0 Å². The van der Waals surface area contributed by atoms with Crippen molar-refractivity contribution in [1.29, 1.82) is 0 Å². The molecule has 1 aromatic heterocycles. The highest BCUT2D eigenvalue weighted by Crippen LogP contribution is 2.32. The number of nitrogens with one attached hydrogen (secondary N) is 2. The van der Waals surface area contributed by atoms with Crippen molar-refractivity contribution < 1.29 is 28.1 Å². The Bertz CT molecular complexity index is 1110. The Labute approximate surface area is 193 Å². The zero-order valence-electron chi connectivity index (χ0n) is 17.7. The Morgan fingerprint density at radius 1 is 1.09 bits per heavy atom. The van der Waals surface area contributed by atoms with Crippen molar-refractivity contribution in [2.45, 2.75) is 26.3 Å². The van der Waals surface area contributed by atoms with Crippen molar-refractivity contribution >= 4 is 29.1 Å². The number of aromatic hydroxyl groups is 1. The summed E-state index contributed by atoms with van der Waals surface area (Å²) in [6.07, 6.45) is -4.83. The van der Waals surface area contributed by atoms with Crippen LogP contribution < -0.4 is 15.4 Å². The lowest BCUT2D eigenvalue weighted by molar-refractivity contribution is -0.274. The van der Waals surface area contributed by atoms with Gasteiger partial charge in [0.2, 0.25) is 5.95 Å². The number of alkyl halides is 3. The molecule has 0 saturated heterocycles. The number of aliphatic hydroxyl groups is 1. The topological polar surface area (TPSA) is 99.5 Å². The molecule has 0 spiro atoms. The first kappa shape index (κ1) is 24.4. The predicted octanol–water partition coefficient (Wildman–Crippen LogP) is 5.57. The molecular weight excluding hydrogens is 461 g/mol. The van der Waals surface area contributed by atoms with Crippen LogP contribution in [0.25, 0.3) is 11.3 Å². The fourth-order valence-electron chi connectivity index (χ4n) is 2.91. The van der Waals surface area contributed by atoms with Crippen LogP contribution in [0.1, 0.15) is 13.8 Å². The van der Waals surface area contributed by atoms with Gasteiger partial charge in [0.25, 0.3) is 0 Å². The molecule has 4 N–H and O–H groups in total. The SMILES string of the molecule is CC(C)[C@@H](CO)Nc1nc(Nc2cc(Cl)ccc2O)cc(-c2cccc(OC(F)(F)F)c2)n1. The zero-order chi connectivity index (χ0) is 24.2. The van der Waals surface area contributed by atoms with Crippen molar-refractivity contribution in [1.82, 2.24) is 9.97 Å². The van der Waals surface area contributed by atoms with Crippen molar-refractivity contribution in [3.8, 4) is 22.8 Å². The first-order valence-corrected chi connectivity index (χ1v) is 10.3. The quantitative estimate of drug-likeness (QED) is 0.311. The fourth-order valence-corrected chi connectivity index (χ4v) is 3.08. The van der Waals surface area contributed by atoms with Gasteiger partial charge in [-0.15, -0.1) is 13.2 Å². The van der Waals surface area contributed by atoms with E-state index in [1.807, 2.05) is 13.8 Å². The third-order valence-electron chi connectivity index (χ3n) is 4.63. The van der Waals surface area contributed by atoms with Crippen LogP contribution >= 0.6 is 11.6 Å². The van der Waals surface area contributed by atoms with E-state index in [1.54, 1.807) is 6.07 Å². The molecule has 176 valence electrons. The van der Waals surface area contributed by atoms with Crippen LogP contribution in [0, 0.1) is 5.92 Å². The molecule has 0 aliphatic rings. The number of rotatable bonds is 8. The molecule has 2 aromatic carbocycles. The van der Waals surface area contributed by atoms with Crippen molar-refractivity contribution in [3.05, 3.63) is 53.6 Å². The van der Waals surface area contributed by atoms with Crippen LogP contribution in [0.2, 0.25) is 5.02 Å². The second-order valence-electron chi connectivity index (χ2n) is 7.50. The molecule has 33 heavy (non-hydrogen) atoms. The van der Waals surface area contributed by atoms with Gasteiger partial charge >= 0.3 is 6.36 Å². The molecule has 3 aromatic rings. The summed E-state index contributed by atoms with van der Waals surface area (Å²) < 4.78 is 42.0. The molecule has 0 aliphatic heterocycles. The number of aromatic nitrogens is 2. The highest BCUT2D eigenvalue weighted by atomic mass is 35.5. The van der Waals surface area contributed by atoms with Gasteiger partial charge in [-0.3, -0.25) is 0 Å². The van der Waals surface area contributed by atoms with Gasteiger partial charge < -0.3 is 25.6 Å². The highest BCUT2D eigenvalue weighted by molar-refractivity contribution is 6.31. The summed E-state index contributed by atoms with van der Waals surface area (Å²) in [6.45, 7) is 3.62. The van der Waals surface area contributed by atoms with Crippen LogP contribution in [0.5, 0.6) is 11.5 Å². The van der Waals surface area contributed by atoms with E-state index in [0.717, 1.165) is 0 Å². The number of hydrogen-bond donors (Lipinski definition) is 4. The summed E-state index contributed by atoms with van der Waals surface area (Å²) >= 11 is 6.00. The number of nitrogens with zero attached hydrogens (tertiary/aromatic N) is 2. The summed E-state index contributed by atoms with van der Waals surface area (Å²) in [5, 5.41) is 26.1. The summed E-state index contributed by atoms with van der Waals surface area (Å²) in [7, 11) is 0. The Hall–Kier alpha value is -3.24. The molecule has 3 rings (SSSR count). The zero-order valence-corrected chi connectivity index (χ0v) is 18.4. The van der Waals surface area contributed by atoms with Crippen molar-refractivity contribution in [2.24, 2.45) is 5.92 Å². The van der Waals surface area contributed by atoms with Crippen LogP contribution in [0.15, 0.2) is 48.5 Å². The molecule has 1 atom stereocenters. The molecule has 0 saturated carbocycles. The first-order valence-electron chi connectivity index (χ1n) is 9.92. The molecule has 0 amide bonds. The van der Waals surface area contributed by atoms with Gasteiger partial charge in [0, 0.05) is 16.7 Å². The Morgan fingerprint density at radius 2 is 1.85 bits per heavy atom. The summed E-state index contributed by atoms with van der Waals surface area (Å²) in [5.41, 5.74) is 0.894. The molecule has 7 nitrogen and oxygen atoms in total. The van der Waals surface area contributed by atoms with E-state index in [9.17, 15) is 23.4 Å². The lowest BCUT2D eigenvalue weighted by Gasteiger charge is -2.21. The summed E-state index contributed by atoms with van der Waals surface area (Å²) in [6, 6.07) is 10.9. The van der Waals surface area contributed by atoms with Gasteiger partial charge in [0.1, 0.15) is 17.3 Å². The Morgan fingerprint density at radius 3 is 2.52 bits per heavy atom. The maximum absolute atomic E-state index is 12.6.